The summed E-state index contributed by atoms with van der Waals surface area (Å²) >= 11 is 0. The van der Waals surface area contributed by atoms with Crippen LogP contribution in [0.1, 0.15) is 20.3 Å². The second kappa shape index (κ2) is 3.35. The highest BCUT2D eigenvalue weighted by atomic mass is 16.5. The molecule has 2 atom stereocenters. The number of rotatable bonds is 2. The van der Waals surface area contributed by atoms with E-state index >= 15 is 0 Å². The minimum Gasteiger partial charge on any atom is -0.380 e. The summed E-state index contributed by atoms with van der Waals surface area (Å²) in [5.41, 5.74) is 0. The van der Waals surface area contributed by atoms with Crippen molar-refractivity contribution in [2.75, 3.05) is 13.7 Å². The fourth-order valence-corrected chi connectivity index (χ4v) is 1.63. The van der Waals surface area contributed by atoms with Crippen molar-refractivity contribution >= 4 is 0 Å². The van der Waals surface area contributed by atoms with E-state index in [1.54, 1.807) is 7.11 Å². The van der Waals surface area contributed by atoms with Gasteiger partial charge in [-0.05, 0) is 18.9 Å². The van der Waals surface area contributed by atoms with E-state index in [1.165, 1.54) is 6.42 Å². The van der Waals surface area contributed by atoms with E-state index in [0.29, 0.717) is 18.1 Å². The van der Waals surface area contributed by atoms with Crippen molar-refractivity contribution < 1.29 is 4.74 Å². The van der Waals surface area contributed by atoms with Crippen LogP contribution in [0.25, 0.3) is 0 Å². The Hall–Kier alpha value is -0.0800. The number of nitrogens with one attached hydrogen (secondary N) is 1. The van der Waals surface area contributed by atoms with Crippen LogP contribution in [0.2, 0.25) is 0 Å². The van der Waals surface area contributed by atoms with Crippen LogP contribution in [0.4, 0.5) is 0 Å². The molecule has 2 nitrogen and oxygen atoms in total. The van der Waals surface area contributed by atoms with Gasteiger partial charge in [-0.1, -0.05) is 13.8 Å². The van der Waals surface area contributed by atoms with Gasteiger partial charge in [-0.25, -0.2) is 0 Å². The first-order chi connectivity index (χ1) is 4.75. The van der Waals surface area contributed by atoms with E-state index in [2.05, 4.69) is 19.2 Å². The highest BCUT2D eigenvalue weighted by Gasteiger charge is 2.28. The van der Waals surface area contributed by atoms with Crippen LogP contribution in [0.3, 0.4) is 0 Å². The summed E-state index contributed by atoms with van der Waals surface area (Å²) in [7, 11) is 1.80. The van der Waals surface area contributed by atoms with E-state index in [-0.39, 0.29) is 0 Å². The standard InChI is InChI=1S/C8H17NO/c1-6(2)8-7(10-3)4-5-9-8/h6-9H,4-5H2,1-3H3/t7-,8-/m1/s1. The summed E-state index contributed by atoms with van der Waals surface area (Å²) < 4.78 is 5.32. The predicted octanol–water partition coefficient (Wildman–Crippen LogP) is 1.02. The van der Waals surface area contributed by atoms with E-state index in [0.717, 1.165) is 6.54 Å². The Morgan fingerprint density at radius 1 is 1.50 bits per heavy atom. The second-order valence-electron chi connectivity index (χ2n) is 3.29. The quantitative estimate of drug-likeness (QED) is 0.623. The van der Waals surface area contributed by atoms with Gasteiger partial charge in [-0.2, -0.15) is 0 Å². The van der Waals surface area contributed by atoms with Gasteiger partial charge in [0, 0.05) is 13.2 Å². The lowest BCUT2D eigenvalue weighted by Crippen LogP contribution is -2.36. The fourth-order valence-electron chi connectivity index (χ4n) is 1.63. The van der Waals surface area contributed by atoms with Gasteiger partial charge < -0.3 is 10.1 Å². The Labute approximate surface area is 63.0 Å². The van der Waals surface area contributed by atoms with Crippen molar-refractivity contribution in [3.63, 3.8) is 0 Å². The first kappa shape index (κ1) is 8.02. The lowest BCUT2D eigenvalue weighted by molar-refractivity contribution is 0.0785. The molecule has 0 amide bonds. The highest BCUT2D eigenvalue weighted by Crippen LogP contribution is 2.16. The van der Waals surface area contributed by atoms with Gasteiger partial charge in [0.05, 0.1) is 6.10 Å². The predicted molar refractivity (Wildman–Crippen MR) is 42.0 cm³/mol. The number of hydrogen-bond donors (Lipinski definition) is 1. The SMILES string of the molecule is CO[C@@H]1CCN[C@@H]1C(C)C. The molecule has 0 spiro atoms. The van der Waals surface area contributed by atoms with Crippen molar-refractivity contribution in [1.82, 2.24) is 5.32 Å². The largest absolute Gasteiger partial charge is 0.380 e. The van der Waals surface area contributed by atoms with Crippen LogP contribution in [-0.4, -0.2) is 25.8 Å². The van der Waals surface area contributed by atoms with Crippen LogP contribution < -0.4 is 5.32 Å². The van der Waals surface area contributed by atoms with Crippen LogP contribution in [-0.2, 0) is 4.74 Å². The molecule has 0 aromatic carbocycles. The zero-order valence-electron chi connectivity index (χ0n) is 7.05. The maximum atomic E-state index is 5.32. The molecule has 1 N–H and O–H groups in total. The summed E-state index contributed by atoms with van der Waals surface area (Å²) in [5.74, 6) is 0.687. The smallest absolute Gasteiger partial charge is 0.0738 e. The van der Waals surface area contributed by atoms with Crippen LogP contribution >= 0.6 is 0 Å². The Morgan fingerprint density at radius 3 is 2.60 bits per heavy atom. The summed E-state index contributed by atoms with van der Waals surface area (Å²) in [5, 5.41) is 3.43. The van der Waals surface area contributed by atoms with Gasteiger partial charge in [0.25, 0.3) is 0 Å². The molecule has 0 saturated carbocycles. The van der Waals surface area contributed by atoms with E-state index < -0.39 is 0 Å². The van der Waals surface area contributed by atoms with Crippen molar-refractivity contribution in [3.8, 4) is 0 Å². The topological polar surface area (TPSA) is 21.3 Å². The molecule has 0 aliphatic carbocycles. The van der Waals surface area contributed by atoms with Crippen LogP contribution in [0.5, 0.6) is 0 Å². The summed E-state index contributed by atoms with van der Waals surface area (Å²) in [6.07, 6.45) is 1.61. The normalized spacial score (nSPS) is 33.6. The van der Waals surface area contributed by atoms with Crippen molar-refractivity contribution in [2.45, 2.75) is 32.4 Å². The maximum absolute atomic E-state index is 5.32. The third kappa shape index (κ3) is 1.50. The molecule has 2 heteroatoms. The molecular weight excluding hydrogens is 126 g/mol. The molecule has 1 heterocycles. The molecule has 0 aromatic heterocycles. The van der Waals surface area contributed by atoms with Gasteiger partial charge in [0.2, 0.25) is 0 Å². The monoisotopic (exact) mass is 143 g/mol. The molecule has 0 radical (unpaired) electrons. The molecule has 1 fully saturated rings. The Balaban J connectivity index is 2.42. The van der Waals surface area contributed by atoms with Crippen molar-refractivity contribution in [1.29, 1.82) is 0 Å². The molecule has 1 aliphatic heterocycles. The number of methoxy groups -OCH3 is 1. The van der Waals surface area contributed by atoms with Crippen molar-refractivity contribution in [3.05, 3.63) is 0 Å². The zero-order valence-corrected chi connectivity index (χ0v) is 7.05. The number of hydrogen-bond acceptors (Lipinski definition) is 2. The average Bonchev–Trinajstić information content (AvgIpc) is 2.33. The zero-order chi connectivity index (χ0) is 7.56. The summed E-state index contributed by atoms with van der Waals surface area (Å²) in [6.45, 7) is 5.57. The first-order valence-electron chi connectivity index (χ1n) is 4.02. The summed E-state index contributed by atoms with van der Waals surface area (Å²) in [6, 6.07) is 0.574. The van der Waals surface area contributed by atoms with Crippen LogP contribution in [0, 0.1) is 5.92 Å². The highest BCUT2D eigenvalue weighted by molar-refractivity contribution is 4.86. The Morgan fingerprint density at radius 2 is 2.20 bits per heavy atom. The maximum Gasteiger partial charge on any atom is 0.0738 e. The molecule has 10 heavy (non-hydrogen) atoms. The van der Waals surface area contributed by atoms with E-state index in [9.17, 15) is 0 Å². The molecule has 0 aromatic rings. The van der Waals surface area contributed by atoms with Gasteiger partial charge >= 0.3 is 0 Å². The molecule has 1 rings (SSSR count). The minimum absolute atomic E-state index is 0.444. The third-order valence-electron chi connectivity index (χ3n) is 2.23. The minimum atomic E-state index is 0.444. The molecule has 1 aliphatic rings. The third-order valence-corrected chi connectivity index (χ3v) is 2.23. The van der Waals surface area contributed by atoms with Gasteiger partial charge in [0.15, 0.2) is 0 Å². The molecule has 60 valence electrons. The molecule has 0 unspecified atom stereocenters. The first-order valence-corrected chi connectivity index (χ1v) is 4.02. The Bertz CT molecular complexity index is 103. The molecule has 0 bridgehead atoms. The molecule has 1 saturated heterocycles. The summed E-state index contributed by atoms with van der Waals surface area (Å²) in [4.78, 5) is 0. The molecular formula is C8H17NO. The average molecular weight is 143 g/mol. The fraction of sp³-hybridized carbons (Fsp3) is 1.00. The Kier molecular flexibility index (Phi) is 2.69. The van der Waals surface area contributed by atoms with E-state index in [1.807, 2.05) is 0 Å². The second-order valence-corrected chi connectivity index (χ2v) is 3.29. The van der Waals surface area contributed by atoms with Crippen molar-refractivity contribution in [2.24, 2.45) is 5.92 Å². The van der Waals surface area contributed by atoms with Gasteiger partial charge in [0.1, 0.15) is 0 Å². The lowest BCUT2D eigenvalue weighted by Gasteiger charge is -2.21. The lowest BCUT2D eigenvalue weighted by atomic mass is 10.0. The van der Waals surface area contributed by atoms with Gasteiger partial charge in [-0.3, -0.25) is 0 Å². The van der Waals surface area contributed by atoms with Crippen LogP contribution in [0.15, 0.2) is 0 Å². The van der Waals surface area contributed by atoms with Gasteiger partial charge in [-0.15, -0.1) is 0 Å². The van der Waals surface area contributed by atoms with E-state index in [4.69, 9.17) is 4.74 Å². The number of ether oxygens (including phenoxy) is 1.